The molecule has 1 saturated heterocycles. The van der Waals surface area contributed by atoms with E-state index in [1.54, 1.807) is 17.5 Å². The normalized spacial score (nSPS) is 22.5. The zero-order valence-corrected chi connectivity index (χ0v) is 10.7. The average Bonchev–Trinajstić information content (AvgIpc) is 2.74. The Morgan fingerprint density at radius 2 is 2.50 bits per heavy atom. The lowest BCUT2D eigenvalue weighted by Gasteiger charge is -2.30. The van der Waals surface area contributed by atoms with Crippen molar-refractivity contribution in [3.63, 3.8) is 0 Å². The number of nitrogens with zero attached hydrogens (tertiary/aromatic N) is 2. The third-order valence-electron chi connectivity index (χ3n) is 3.14. The molecule has 90 valence electrons. The number of hydrogen-bond donors (Lipinski definition) is 1. The predicted molar refractivity (Wildman–Crippen MR) is 66.6 cm³/mol. The Labute approximate surface area is 101 Å². The van der Waals surface area contributed by atoms with Gasteiger partial charge in [0, 0.05) is 25.7 Å². The summed E-state index contributed by atoms with van der Waals surface area (Å²) in [7, 11) is 0. The lowest BCUT2D eigenvalue weighted by molar-refractivity contribution is 0.186. The fraction of sp³-hybridized carbons (Fsp3) is 0.750. The molecule has 0 aromatic carbocycles. The Kier molecular flexibility index (Phi) is 4.32. The summed E-state index contributed by atoms with van der Waals surface area (Å²) in [6.07, 6.45) is 5.53. The molecule has 1 aliphatic heterocycles. The van der Waals surface area contributed by atoms with Crippen LogP contribution in [0.2, 0.25) is 0 Å². The number of hydrogen-bond acceptors (Lipinski definition) is 4. The lowest BCUT2D eigenvalue weighted by atomic mass is 10.0. The maximum atomic E-state index is 8.96. The first-order valence-corrected chi connectivity index (χ1v) is 6.86. The van der Waals surface area contributed by atoms with Gasteiger partial charge in [-0.15, -0.1) is 11.3 Å². The van der Waals surface area contributed by atoms with Crippen LogP contribution in [0.25, 0.3) is 0 Å². The molecular weight excluding hydrogens is 220 g/mol. The van der Waals surface area contributed by atoms with E-state index in [0.717, 1.165) is 28.8 Å². The molecule has 0 radical (unpaired) electrons. The van der Waals surface area contributed by atoms with Gasteiger partial charge in [-0.05, 0) is 25.3 Å². The molecule has 2 rings (SSSR count). The fourth-order valence-electron chi connectivity index (χ4n) is 2.28. The molecule has 0 aliphatic carbocycles. The standard InChI is InChI=1S/C12H20N2OS/c1-10-3-2-5-14(8-10)6-4-12-13-7-11(9-15)16-12/h7,10,15H,2-6,8-9H2,1H3. The van der Waals surface area contributed by atoms with Gasteiger partial charge < -0.3 is 10.0 Å². The molecule has 0 spiro atoms. The number of likely N-dealkylation sites (tertiary alicyclic amines) is 1. The van der Waals surface area contributed by atoms with Gasteiger partial charge in [-0.2, -0.15) is 0 Å². The van der Waals surface area contributed by atoms with E-state index in [0.29, 0.717) is 0 Å². The molecule has 1 atom stereocenters. The minimum atomic E-state index is 0.123. The molecule has 1 unspecified atom stereocenters. The topological polar surface area (TPSA) is 36.4 Å². The quantitative estimate of drug-likeness (QED) is 0.873. The van der Waals surface area contributed by atoms with Crippen LogP contribution >= 0.6 is 11.3 Å². The van der Waals surface area contributed by atoms with Crippen molar-refractivity contribution in [2.75, 3.05) is 19.6 Å². The van der Waals surface area contributed by atoms with Crippen LogP contribution in [-0.2, 0) is 13.0 Å². The second-order valence-corrected chi connectivity index (χ2v) is 5.88. The van der Waals surface area contributed by atoms with Crippen LogP contribution in [0.1, 0.15) is 29.7 Å². The molecule has 3 nitrogen and oxygen atoms in total. The van der Waals surface area contributed by atoms with E-state index in [9.17, 15) is 0 Å². The monoisotopic (exact) mass is 240 g/mol. The minimum Gasteiger partial charge on any atom is -0.391 e. The third kappa shape index (κ3) is 3.27. The largest absolute Gasteiger partial charge is 0.391 e. The molecule has 0 saturated carbocycles. The van der Waals surface area contributed by atoms with E-state index in [1.165, 1.54) is 25.9 Å². The maximum absolute atomic E-state index is 8.96. The summed E-state index contributed by atoms with van der Waals surface area (Å²) < 4.78 is 0. The van der Waals surface area contributed by atoms with E-state index in [2.05, 4.69) is 16.8 Å². The Morgan fingerprint density at radius 3 is 3.19 bits per heavy atom. The third-order valence-corrected chi connectivity index (χ3v) is 4.18. The van der Waals surface area contributed by atoms with Gasteiger partial charge in [0.25, 0.3) is 0 Å². The van der Waals surface area contributed by atoms with Crippen LogP contribution in [-0.4, -0.2) is 34.6 Å². The number of aromatic nitrogens is 1. The van der Waals surface area contributed by atoms with Gasteiger partial charge in [0.1, 0.15) is 0 Å². The van der Waals surface area contributed by atoms with Gasteiger partial charge in [-0.1, -0.05) is 6.92 Å². The smallest absolute Gasteiger partial charge is 0.0941 e. The van der Waals surface area contributed by atoms with Gasteiger partial charge in [-0.3, -0.25) is 0 Å². The van der Waals surface area contributed by atoms with Crippen LogP contribution in [0.5, 0.6) is 0 Å². The van der Waals surface area contributed by atoms with Crippen LogP contribution in [0.4, 0.5) is 0 Å². The van der Waals surface area contributed by atoms with Crippen molar-refractivity contribution >= 4 is 11.3 Å². The Balaban J connectivity index is 1.78. The van der Waals surface area contributed by atoms with Crippen LogP contribution in [0, 0.1) is 5.92 Å². The number of thiazole rings is 1. The highest BCUT2D eigenvalue weighted by Crippen LogP contribution is 2.17. The van der Waals surface area contributed by atoms with E-state index >= 15 is 0 Å². The van der Waals surface area contributed by atoms with Gasteiger partial charge in [0.2, 0.25) is 0 Å². The summed E-state index contributed by atoms with van der Waals surface area (Å²) in [5.41, 5.74) is 0. The summed E-state index contributed by atoms with van der Waals surface area (Å²) in [6, 6.07) is 0. The van der Waals surface area contributed by atoms with Crippen molar-refractivity contribution in [2.45, 2.75) is 32.8 Å². The Bertz CT molecular complexity index is 327. The molecule has 4 heteroatoms. The van der Waals surface area contributed by atoms with Crippen molar-refractivity contribution < 1.29 is 5.11 Å². The van der Waals surface area contributed by atoms with Gasteiger partial charge in [0.05, 0.1) is 16.5 Å². The second-order valence-electron chi connectivity index (χ2n) is 4.68. The highest BCUT2D eigenvalue weighted by atomic mass is 32.1. The molecule has 0 amide bonds. The number of aliphatic hydroxyl groups excluding tert-OH is 1. The molecule has 1 fully saturated rings. The number of aliphatic hydroxyl groups is 1. The summed E-state index contributed by atoms with van der Waals surface area (Å²) in [4.78, 5) is 7.83. The molecular formula is C12H20N2OS. The molecule has 2 heterocycles. The first kappa shape index (κ1) is 12.0. The van der Waals surface area contributed by atoms with E-state index in [4.69, 9.17) is 5.11 Å². The highest BCUT2D eigenvalue weighted by molar-refractivity contribution is 7.11. The zero-order chi connectivity index (χ0) is 11.4. The average molecular weight is 240 g/mol. The van der Waals surface area contributed by atoms with Crippen molar-refractivity contribution in [3.8, 4) is 0 Å². The number of piperidine rings is 1. The maximum Gasteiger partial charge on any atom is 0.0941 e. The van der Waals surface area contributed by atoms with Gasteiger partial charge in [-0.25, -0.2) is 4.98 Å². The molecule has 1 aromatic rings. The molecule has 1 N–H and O–H groups in total. The second kappa shape index (κ2) is 5.75. The first-order chi connectivity index (χ1) is 7.78. The zero-order valence-electron chi connectivity index (χ0n) is 9.85. The van der Waals surface area contributed by atoms with Crippen LogP contribution < -0.4 is 0 Å². The lowest BCUT2D eigenvalue weighted by Crippen LogP contribution is -2.35. The van der Waals surface area contributed by atoms with Crippen LogP contribution in [0.3, 0.4) is 0 Å². The minimum absolute atomic E-state index is 0.123. The summed E-state index contributed by atoms with van der Waals surface area (Å²) >= 11 is 1.63. The summed E-state index contributed by atoms with van der Waals surface area (Å²) in [5, 5.41) is 10.1. The van der Waals surface area contributed by atoms with Gasteiger partial charge in [0.15, 0.2) is 0 Å². The molecule has 1 aromatic heterocycles. The molecule has 1 aliphatic rings. The van der Waals surface area contributed by atoms with E-state index in [1.807, 2.05) is 0 Å². The summed E-state index contributed by atoms with van der Waals surface area (Å²) in [6.45, 7) is 6.04. The van der Waals surface area contributed by atoms with Crippen molar-refractivity contribution in [3.05, 3.63) is 16.1 Å². The molecule has 16 heavy (non-hydrogen) atoms. The van der Waals surface area contributed by atoms with Gasteiger partial charge >= 0.3 is 0 Å². The van der Waals surface area contributed by atoms with E-state index in [-0.39, 0.29) is 6.61 Å². The molecule has 0 bridgehead atoms. The van der Waals surface area contributed by atoms with Crippen molar-refractivity contribution in [2.24, 2.45) is 5.92 Å². The Hall–Kier alpha value is -0.450. The SMILES string of the molecule is CC1CCCN(CCc2ncc(CO)s2)C1. The predicted octanol–water partition coefficient (Wildman–Crippen LogP) is 1.91. The Morgan fingerprint density at radius 1 is 1.62 bits per heavy atom. The fourth-order valence-corrected chi connectivity index (χ4v) is 3.05. The van der Waals surface area contributed by atoms with Crippen LogP contribution in [0.15, 0.2) is 6.20 Å². The summed E-state index contributed by atoms with van der Waals surface area (Å²) in [5.74, 6) is 0.845. The van der Waals surface area contributed by atoms with Crippen molar-refractivity contribution in [1.29, 1.82) is 0 Å². The van der Waals surface area contributed by atoms with Crippen molar-refractivity contribution in [1.82, 2.24) is 9.88 Å². The highest BCUT2D eigenvalue weighted by Gasteiger charge is 2.16. The van der Waals surface area contributed by atoms with E-state index < -0.39 is 0 Å². The first-order valence-electron chi connectivity index (χ1n) is 6.04. The number of rotatable bonds is 4.